The highest BCUT2D eigenvalue weighted by Gasteiger charge is 2.28. The van der Waals surface area contributed by atoms with E-state index < -0.39 is 10.0 Å². The van der Waals surface area contributed by atoms with E-state index in [0.717, 1.165) is 0 Å². The normalized spacial score (nSPS) is 17.1. The van der Waals surface area contributed by atoms with Crippen LogP contribution in [0.15, 0.2) is 5.38 Å². The summed E-state index contributed by atoms with van der Waals surface area (Å²) < 4.78 is 25.4. The molecule has 118 valence electrons. The highest BCUT2D eigenvalue weighted by Crippen LogP contribution is 2.14. The van der Waals surface area contributed by atoms with Crippen molar-refractivity contribution in [3.8, 4) is 0 Å². The van der Waals surface area contributed by atoms with Gasteiger partial charge in [-0.2, -0.15) is 4.31 Å². The number of piperazine rings is 1. The lowest BCUT2D eigenvalue weighted by molar-refractivity contribution is -0.131. The Morgan fingerprint density at radius 1 is 1.38 bits per heavy atom. The van der Waals surface area contributed by atoms with Gasteiger partial charge in [-0.05, 0) is 6.42 Å². The zero-order valence-electron chi connectivity index (χ0n) is 12.0. The van der Waals surface area contributed by atoms with E-state index in [1.807, 2.05) is 6.92 Å². The van der Waals surface area contributed by atoms with Crippen molar-refractivity contribution in [2.45, 2.75) is 19.8 Å². The Hall–Kier alpha value is -1.19. The molecule has 1 amide bonds. The van der Waals surface area contributed by atoms with Gasteiger partial charge >= 0.3 is 0 Å². The van der Waals surface area contributed by atoms with Gasteiger partial charge in [0.15, 0.2) is 5.13 Å². The number of anilines is 1. The van der Waals surface area contributed by atoms with Crippen LogP contribution < -0.4 is 5.73 Å². The summed E-state index contributed by atoms with van der Waals surface area (Å²) in [6, 6.07) is 0. The number of carbonyl (C=O) groups excluding carboxylic acids is 1. The molecule has 0 saturated carbocycles. The predicted octanol–water partition coefficient (Wildman–Crippen LogP) is 0.152. The molecule has 7 nitrogen and oxygen atoms in total. The lowest BCUT2D eigenvalue weighted by atomic mass is 10.2. The molecule has 0 unspecified atom stereocenters. The summed E-state index contributed by atoms with van der Waals surface area (Å²) >= 11 is 1.31. The molecule has 0 spiro atoms. The molecule has 1 aromatic rings. The van der Waals surface area contributed by atoms with Gasteiger partial charge in [0.1, 0.15) is 0 Å². The van der Waals surface area contributed by atoms with Crippen molar-refractivity contribution in [1.29, 1.82) is 0 Å². The van der Waals surface area contributed by atoms with Crippen LogP contribution in [0.5, 0.6) is 0 Å². The fraction of sp³-hybridized carbons (Fsp3) is 0.667. The van der Waals surface area contributed by atoms with Crippen LogP contribution in [0, 0.1) is 0 Å². The third kappa shape index (κ3) is 4.14. The van der Waals surface area contributed by atoms with E-state index in [0.29, 0.717) is 43.4 Å². The number of hydrogen-bond donors (Lipinski definition) is 1. The molecule has 2 heterocycles. The van der Waals surface area contributed by atoms with Gasteiger partial charge in [-0.3, -0.25) is 4.79 Å². The Balaban J connectivity index is 1.87. The van der Waals surface area contributed by atoms with Crippen molar-refractivity contribution in [2.24, 2.45) is 0 Å². The van der Waals surface area contributed by atoms with Crippen LogP contribution >= 0.6 is 11.3 Å². The van der Waals surface area contributed by atoms with Crippen LogP contribution in [0.2, 0.25) is 0 Å². The zero-order valence-corrected chi connectivity index (χ0v) is 13.6. The maximum Gasteiger partial charge on any atom is 0.228 e. The standard InChI is InChI=1S/C12H20N4O3S2/c1-2-7-21(18,19)16-5-3-15(4-6-16)11(17)8-10-9-20-12(13)14-10/h9H,2-8H2,1H3,(H2,13,14). The molecule has 1 aromatic heterocycles. The first-order valence-electron chi connectivity index (χ1n) is 6.88. The average molecular weight is 332 g/mol. The summed E-state index contributed by atoms with van der Waals surface area (Å²) in [7, 11) is -3.17. The first-order valence-corrected chi connectivity index (χ1v) is 9.36. The number of aromatic nitrogens is 1. The molecule has 21 heavy (non-hydrogen) atoms. The largest absolute Gasteiger partial charge is 0.375 e. The SMILES string of the molecule is CCCS(=O)(=O)N1CCN(C(=O)Cc2csc(N)n2)CC1. The Morgan fingerprint density at radius 2 is 2.05 bits per heavy atom. The average Bonchev–Trinajstić information content (AvgIpc) is 2.84. The quantitative estimate of drug-likeness (QED) is 0.828. The fourth-order valence-corrected chi connectivity index (χ4v) is 4.33. The van der Waals surface area contributed by atoms with Crippen LogP contribution in [0.25, 0.3) is 0 Å². The number of thiazole rings is 1. The first kappa shape index (κ1) is 16.2. The van der Waals surface area contributed by atoms with E-state index >= 15 is 0 Å². The molecule has 9 heteroatoms. The van der Waals surface area contributed by atoms with Gasteiger partial charge in [0.05, 0.1) is 17.9 Å². The van der Waals surface area contributed by atoms with Gasteiger partial charge in [-0.15, -0.1) is 11.3 Å². The predicted molar refractivity (Wildman–Crippen MR) is 82.5 cm³/mol. The van der Waals surface area contributed by atoms with Gasteiger partial charge in [0.2, 0.25) is 15.9 Å². The molecular formula is C12H20N4O3S2. The van der Waals surface area contributed by atoms with Gasteiger partial charge in [-0.1, -0.05) is 6.92 Å². The second kappa shape index (κ2) is 6.71. The molecule has 2 N–H and O–H groups in total. The molecule has 0 bridgehead atoms. The van der Waals surface area contributed by atoms with Crippen LogP contribution in [0.3, 0.4) is 0 Å². The van der Waals surface area contributed by atoms with Gasteiger partial charge < -0.3 is 10.6 Å². The topological polar surface area (TPSA) is 96.6 Å². The van der Waals surface area contributed by atoms with E-state index in [1.54, 1.807) is 10.3 Å². The summed E-state index contributed by atoms with van der Waals surface area (Å²) in [5, 5.41) is 2.23. The minimum absolute atomic E-state index is 0.0344. The molecule has 0 aliphatic carbocycles. The number of amides is 1. The first-order chi connectivity index (χ1) is 9.92. The van der Waals surface area contributed by atoms with E-state index in [4.69, 9.17) is 5.73 Å². The number of nitrogens with zero attached hydrogens (tertiary/aromatic N) is 3. The van der Waals surface area contributed by atoms with Crippen molar-refractivity contribution >= 4 is 32.4 Å². The highest BCUT2D eigenvalue weighted by atomic mass is 32.2. The Labute approximate surface area is 128 Å². The number of rotatable bonds is 5. The van der Waals surface area contributed by atoms with Gasteiger partial charge in [0, 0.05) is 31.6 Å². The summed E-state index contributed by atoms with van der Waals surface area (Å²) in [5.41, 5.74) is 6.21. The second-order valence-electron chi connectivity index (χ2n) is 4.95. The fourth-order valence-electron chi connectivity index (χ4n) is 2.27. The number of nitrogens with two attached hydrogens (primary N) is 1. The highest BCUT2D eigenvalue weighted by molar-refractivity contribution is 7.89. The van der Waals surface area contributed by atoms with Crippen LogP contribution in [0.4, 0.5) is 5.13 Å². The number of carbonyl (C=O) groups is 1. The maximum atomic E-state index is 12.1. The van der Waals surface area contributed by atoms with Crippen LogP contribution in [0.1, 0.15) is 19.0 Å². The Morgan fingerprint density at radius 3 is 2.57 bits per heavy atom. The second-order valence-corrected chi connectivity index (χ2v) is 7.93. The number of nitrogen functional groups attached to an aromatic ring is 1. The van der Waals surface area contributed by atoms with Crippen molar-refractivity contribution in [1.82, 2.24) is 14.2 Å². The number of hydrogen-bond acceptors (Lipinski definition) is 6. The minimum Gasteiger partial charge on any atom is -0.375 e. The summed E-state index contributed by atoms with van der Waals surface area (Å²) in [4.78, 5) is 17.9. The Kier molecular flexibility index (Phi) is 5.17. The van der Waals surface area contributed by atoms with Crippen LogP contribution in [-0.2, 0) is 21.2 Å². The Bertz CT molecular complexity index is 591. The summed E-state index contributed by atoms with van der Waals surface area (Å²) in [6.07, 6.45) is 0.822. The molecular weight excluding hydrogens is 312 g/mol. The van der Waals surface area contributed by atoms with E-state index in [1.165, 1.54) is 15.6 Å². The van der Waals surface area contributed by atoms with Crippen LogP contribution in [-0.4, -0.2) is 60.4 Å². The summed E-state index contributed by atoms with van der Waals surface area (Å²) in [5.74, 6) is 0.131. The number of sulfonamides is 1. The molecule has 1 saturated heterocycles. The lowest BCUT2D eigenvalue weighted by Gasteiger charge is -2.34. The van der Waals surface area contributed by atoms with E-state index in [-0.39, 0.29) is 18.1 Å². The third-order valence-corrected chi connectivity index (χ3v) is 6.15. The van der Waals surface area contributed by atoms with E-state index in [9.17, 15) is 13.2 Å². The zero-order chi connectivity index (χ0) is 15.5. The minimum atomic E-state index is -3.17. The van der Waals surface area contributed by atoms with Crippen molar-refractivity contribution in [2.75, 3.05) is 37.7 Å². The van der Waals surface area contributed by atoms with Gasteiger partial charge in [-0.25, -0.2) is 13.4 Å². The van der Waals surface area contributed by atoms with Crippen molar-refractivity contribution in [3.63, 3.8) is 0 Å². The maximum absolute atomic E-state index is 12.1. The molecule has 0 atom stereocenters. The molecule has 1 aliphatic rings. The van der Waals surface area contributed by atoms with Crippen molar-refractivity contribution < 1.29 is 13.2 Å². The van der Waals surface area contributed by atoms with Crippen molar-refractivity contribution in [3.05, 3.63) is 11.1 Å². The molecule has 0 radical (unpaired) electrons. The molecule has 1 aliphatic heterocycles. The smallest absolute Gasteiger partial charge is 0.228 e. The van der Waals surface area contributed by atoms with E-state index in [2.05, 4.69) is 4.98 Å². The lowest BCUT2D eigenvalue weighted by Crippen LogP contribution is -2.51. The molecule has 0 aromatic carbocycles. The third-order valence-electron chi connectivity index (χ3n) is 3.35. The molecule has 2 rings (SSSR count). The summed E-state index contributed by atoms with van der Waals surface area (Å²) in [6.45, 7) is 3.44. The molecule has 1 fully saturated rings. The monoisotopic (exact) mass is 332 g/mol. The van der Waals surface area contributed by atoms with Gasteiger partial charge in [0.25, 0.3) is 0 Å².